The summed E-state index contributed by atoms with van der Waals surface area (Å²) in [5, 5.41) is 12.0. The Morgan fingerprint density at radius 2 is 2.06 bits per heavy atom. The maximum absolute atomic E-state index is 8.91. The van der Waals surface area contributed by atoms with Gasteiger partial charge in [-0.15, -0.1) is 0 Å². The summed E-state index contributed by atoms with van der Waals surface area (Å²) in [5.74, 6) is 1.96. The molecule has 0 amide bonds. The maximum Gasteiger partial charge on any atom is 0.0962 e. The zero-order valence-corrected chi connectivity index (χ0v) is 11.0. The molecule has 3 atom stereocenters. The molecule has 1 N–H and O–H groups in total. The molecule has 1 aliphatic heterocycles. The normalized spacial score (nSPS) is 31.5. The highest BCUT2D eigenvalue weighted by Crippen LogP contribution is 2.35. The van der Waals surface area contributed by atoms with Gasteiger partial charge in [-0.1, -0.05) is 19.3 Å². The Balaban J connectivity index is 1.74. The van der Waals surface area contributed by atoms with Gasteiger partial charge in [0.15, 0.2) is 0 Å². The summed E-state index contributed by atoms with van der Waals surface area (Å²) in [6, 6.07) is 2.34. The molecule has 3 heteroatoms. The summed E-state index contributed by atoms with van der Waals surface area (Å²) in [4.78, 5) is 2.58. The molecule has 2 rings (SSSR count). The Bertz CT molecular complexity index is 271. The molecule has 0 spiro atoms. The van der Waals surface area contributed by atoms with Crippen LogP contribution in [0.15, 0.2) is 0 Å². The van der Waals surface area contributed by atoms with Crippen LogP contribution in [0.3, 0.4) is 0 Å². The van der Waals surface area contributed by atoms with Crippen LogP contribution in [0.5, 0.6) is 0 Å². The van der Waals surface area contributed by atoms with E-state index in [1.54, 1.807) is 0 Å². The predicted molar refractivity (Wildman–Crippen MR) is 69.6 cm³/mol. The van der Waals surface area contributed by atoms with E-state index in [0.717, 1.165) is 24.8 Å². The van der Waals surface area contributed by atoms with Gasteiger partial charge < -0.3 is 10.2 Å². The van der Waals surface area contributed by atoms with Crippen molar-refractivity contribution in [2.24, 2.45) is 11.8 Å². The molecule has 1 saturated carbocycles. The van der Waals surface area contributed by atoms with Crippen LogP contribution in [-0.4, -0.2) is 37.6 Å². The molecular weight excluding hydrogens is 210 g/mol. The fraction of sp³-hybridized carbons (Fsp3) is 0.929. The number of hydrogen-bond acceptors (Lipinski definition) is 3. The van der Waals surface area contributed by atoms with Crippen LogP contribution < -0.4 is 5.32 Å². The van der Waals surface area contributed by atoms with Gasteiger partial charge in [0.25, 0.3) is 0 Å². The second kappa shape index (κ2) is 6.37. The van der Waals surface area contributed by atoms with E-state index in [1.807, 2.05) is 7.05 Å². The standard InChI is InChI=1S/C14H25N3/c1-16-14(10-15)7-9-17-8-6-12-4-2-3-5-13(12)11-17/h12-14,16H,2-9,11H2,1H3. The van der Waals surface area contributed by atoms with Gasteiger partial charge in [-0.05, 0) is 44.7 Å². The van der Waals surface area contributed by atoms with E-state index in [0.29, 0.717) is 0 Å². The second-order valence-electron chi connectivity index (χ2n) is 5.65. The smallest absolute Gasteiger partial charge is 0.0962 e. The van der Waals surface area contributed by atoms with Crippen molar-refractivity contribution in [3.8, 4) is 6.07 Å². The molecule has 3 unspecified atom stereocenters. The van der Waals surface area contributed by atoms with Crippen LogP contribution in [0.1, 0.15) is 38.5 Å². The molecule has 0 radical (unpaired) electrons. The Kier molecular flexibility index (Phi) is 4.82. The Morgan fingerprint density at radius 1 is 1.29 bits per heavy atom. The quantitative estimate of drug-likeness (QED) is 0.810. The van der Waals surface area contributed by atoms with Crippen molar-refractivity contribution < 1.29 is 0 Å². The van der Waals surface area contributed by atoms with E-state index in [-0.39, 0.29) is 6.04 Å². The lowest BCUT2D eigenvalue weighted by Crippen LogP contribution is -2.43. The molecule has 17 heavy (non-hydrogen) atoms. The van der Waals surface area contributed by atoms with Gasteiger partial charge in [0.2, 0.25) is 0 Å². The maximum atomic E-state index is 8.91. The summed E-state index contributed by atoms with van der Waals surface area (Å²) in [5.41, 5.74) is 0. The largest absolute Gasteiger partial charge is 0.305 e. The van der Waals surface area contributed by atoms with Gasteiger partial charge in [0, 0.05) is 13.1 Å². The fourth-order valence-corrected chi connectivity index (χ4v) is 3.46. The first kappa shape index (κ1) is 12.9. The van der Waals surface area contributed by atoms with Gasteiger partial charge >= 0.3 is 0 Å². The van der Waals surface area contributed by atoms with Crippen molar-refractivity contribution in [2.75, 3.05) is 26.7 Å². The number of piperidine rings is 1. The Hall–Kier alpha value is -0.590. The topological polar surface area (TPSA) is 39.1 Å². The SMILES string of the molecule is CNC(C#N)CCN1CCC2CCCCC2C1. The monoisotopic (exact) mass is 235 g/mol. The van der Waals surface area contributed by atoms with Gasteiger partial charge in [0.05, 0.1) is 12.1 Å². The van der Waals surface area contributed by atoms with Crippen molar-refractivity contribution in [3.63, 3.8) is 0 Å². The van der Waals surface area contributed by atoms with E-state index < -0.39 is 0 Å². The van der Waals surface area contributed by atoms with Crippen LogP contribution in [0.4, 0.5) is 0 Å². The number of nitrogens with zero attached hydrogens (tertiary/aromatic N) is 2. The van der Waals surface area contributed by atoms with E-state index >= 15 is 0 Å². The number of hydrogen-bond donors (Lipinski definition) is 1. The van der Waals surface area contributed by atoms with Crippen molar-refractivity contribution in [2.45, 2.75) is 44.6 Å². The third kappa shape index (κ3) is 3.43. The van der Waals surface area contributed by atoms with E-state index in [9.17, 15) is 0 Å². The van der Waals surface area contributed by atoms with Gasteiger partial charge in [0.1, 0.15) is 0 Å². The molecule has 2 aliphatic rings. The van der Waals surface area contributed by atoms with E-state index in [2.05, 4.69) is 16.3 Å². The van der Waals surface area contributed by atoms with Crippen LogP contribution in [0.2, 0.25) is 0 Å². The Labute approximate surface area is 105 Å². The molecule has 1 heterocycles. The lowest BCUT2D eigenvalue weighted by molar-refractivity contribution is 0.0852. The molecule has 3 nitrogen and oxygen atoms in total. The van der Waals surface area contributed by atoms with Crippen molar-refractivity contribution in [1.82, 2.24) is 10.2 Å². The molecule has 0 aromatic rings. The minimum atomic E-state index is 0.0269. The molecule has 0 aromatic heterocycles. The van der Waals surface area contributed by atoms with Gasteiger partial charge in [-0.25, -0.2) is 0 Å². The summed E-state index contributed by atoms with van der Waals surface area (Å²) < 4.78 is 0. The number of fused-ring (bicyclic) bond motifs is 1. The van der Waals surface area contributed by atoms with Crippen LogP contribution in [-0.2, 0) is 0 Å². The minimum absolute atomic E-state index is 0.0269. The second-order valence-corrected chi connectivity index (χ2v) is 5.65. The summed E-state index contributed by atoms with van der Waals surface area (Å²) >= 11 is 0. The molecular formula is C14H25N3. The first-order chi connectivity index (χ1) is 8.33. The van der Waals surface area contributed by atoms with Crippen LogP contribution in [0, 0.1) is 23.2 Å². The van der Waals surface area contributed by atoms with E-state index in [1.165, 1.54) is 45.2 Å². The highest BCUT2D eigenvalue weighted by Gasteiger charge is 2.30. The zero-order chi connectivity index (χ0) is 12.1. The van der Waals surface area contributed by atoms with Crippen LogP contribution >= 0.6 is 0 Å². The number of rotatable bonds is 4. The minimum Gasteiger partial charge on any atom is -0.305 e. The average Bonchev–Trinajstić information content (AvgIpc) is 2.40. The molecule has 0 aromatic carbocycles. The van der Waals surface area contributed by atoms with Crippen molar-refractivity contribution >= 4 is 0 Å². The van der Waals surface area contributed by atoms with Crippen LogP contribution in [0.25, 0.3) is 0 Å². The summed E-state index contributed by atoms with van der Waals surface area (Å²) in [6.07, 6.45) is 8.15. The highest BCUT2D eigenvalue weighted by molar-refractivity contribution is 4.90. The lowest BCUT2D eigenvalue weighted by atomic mass is 9.75. The average molecular weight is 235 g/mol. The first-order valence-electron chi connectivity index (χ1n) is 7.12. The molecule has 96 valence electrons. The third-order valence-corrected chi connectivity index (χ3v) is 4.61. The first-order valence-corrected chi connectivity index (χ1v) is 7.12. The molecule has 2 fully saturated rings. The number of likely N-dealkylation sites (tertiary alicyclic amines) is 1. The lowest BCUT2D eigenvalue weighted by Gasteiger charge is -2.41. The predicted octanol–water partition coefficient (Wildman–Crippen LogP) is 2.00. The van der Waals surface area contributed by atoms with Gasteiger partial charge in [-0.2, -0.15) is 5.26 Å². The summed E-state index contributed by atoms with van der Waals surface area (Å²) in [6.45, 7) is 3.62. The van der Waals surface area contributed by atoms with E-state index in [4.69, 9.17) is 5.26 Å². The number of nitriles is 1. The van der Waals surface area contributed by atoms with Crippen molar-refractivity contribution in [1.29, 1.82) is 5.26 Å². The number of nitrogens with one attached hydrogen (secondary N) is 1. The molecule has 1 aliphatic carbocycles. The summed E-state index contributed by atoms with van der Waals surface area (Å²) in [7, 11) is 1.88. The Morgan fingerprint density at radius 3 is 2.76 bits per heavy atom. The van der Waals surface area contributed by atoms with Gasteiger partial charge in [-0.3, -0.25) is 0 Å². The van der Waals surface area contributed by atoms with Crippen molar-refractivity contribution in [3.05, 3.63) is 0 Å². The molecule has 0 bridgehead atoms. The molecule has 1 saturated heterocycles. The zero-order valence-electron chi connectivity index (χ0n) is 11.0. The fourth-order valence-electron chi connectivity index (χ4n) is 3.46. The highest BCUT2D eigenvalue weighted by atomic mass is 15.1. The third-order valence-electron chi connectivity index (χ3n) is 4.61.